The van der Waals surface area contributed by atoms with Crippen LogP contribution in [-0.2, 0) is 6.18 Å². The SMILES string of the molecule is Cc1cnc(-c2ncccc2C)c(C(=O)N2C[C@H]3C[C@@H](Nc4cnc(C(F)(F)F)cn4)[C@@H]2C3)c1. The highest BCUT2D eigenvalue weighted by Crippen LogP contribution is 2.40. The van der Waals surface area contributed by atoms with Gasteiger partial charge in [0, 0.05) is 25.0 Å². The second-order valence-corrected chi connectivity index (χ2v) is 8.98. The van der Waals surface area contributed by atoms with Crippen molar-refractivity contribution in [1.82, 2.24) is 24.8 Å². The van der Waals surface area contributed by atoms with E-state index in [1.54, 1.807) is 12.4 Å². The summed E-state index contributed by atoms with van der Waals surface area (Å²) in [5.74, 6) is 0.459. The number of nitrogens with zero attached hydrogens (tertiary/aromatic N) is 5. The largest absolute Gasteiger partial charge is 0.434 e. The Bertz CT molecular complexity index is 1230. The van der Waals surface area contributed by atoms with Crippen molar-refractivity contribution in [3.05, 3.63) is 65.4 Å². The van der Waals surface area contributed by atoms with Gasteiger partial charge in [0.05, 0.1) is 29.7 Å². The third-order valence-corrected chi connectivity index (χ3v) is 6.51. The van der Waals surface area contributed by atoms with Gasteiger partial charge in [-0.3, -0.25) is 14.8 Å². The Balaban J connectivity index is 1.39. The van der Waals surface area contributed by atoms with Crippen molar-refractivity contribution in [3.63, 3.8) is 0 Å². The van der Waals surface area contributed by atoms with E-state index in [9.17, 15) is 18.0 Å². The number of fused-ring (bicyclic) bond motifs is 2. The first-order valence-electron chi connectivity index (χ1n) is 11.1. The van der Waals surface area contributed by atoms with Crippen molar-refractivity contribution in [1.29, 1.82) is 0 Å². The molecule has 1 saturated heterocycles. The van der Waals surface area contributed by atoms with Crippen molar-refractivity contribution in [3.8, 4) is 11.4 Å². The zero-order valence-electron chi connectivity index (χ0n) is 18.7. The second-order valence-electron chi connectivity index (χ2n) is 8.98. The first-order chi connectivity index (χ1) is 16.2. The fourth-order valence-corrected chi connectivity index (χ4v) is 4.96. The van der Waals surface area contributed by atoms with Crippen LogP contribution in [0.5, 0.6) is 0 Å². The first-order valence-corrected chi connectivity index (χ1v) is 11.1. The van der Waals surface area contributed by atoms with E-state index in [4.69, 9.17) is 0 Å². The zero-order chi connectivity index (χ0) is 24.0. The number of anilines is 1. The Kier molecular flexibility index (Phi) is 5.45. The van der Waals surface area contributed by atoms with E-state index in [2.05, 4.69) is 25.3 Å². The van der Waals surface area contributed by atoms with E-state index < -0.39 is 11.9 Å². The molecule has 10 heteroatoms. The summed E-state index contributed by atoms with van der Waals surface area (Å²) in [7, 11) is 0. The van der Waals surface area contributed by atoms with Gasteiger partial charge in [0.1, 0.15) is 11.5 Å². The Morgan fingerprint density at radius 1 is 1.06 bits per heavy atom. The lowest BCUT2D eigenvalue weighted by Gasteiger charge is -2.34. The molecular formula is C24H23F3N6O. The van der Waals surface area contributed by atoms with E-state index >= 15 is 0 Å². The smallest absolute Gasteiger partial charge is 0.364 e. The molecule has 1 saturated carbocycles. The molecule has 4 heterocycles. The molecule has 0 radical (unpaired) electrons. The molecule has 3 aromatic heterocycles. The molecule has 7 nitrogen and oxygen atoms in total. The predicted octanol–water partition coefficient (Wildman–Crippen LogP) is 4.28. The molecule has 3 aromatic rings. The van der Waals surface area contributed by atoms with Crippen LogP contribution >= 0.6 is 0 Å². The monoisotopic (exact) mass is 468 g/mol. The number of carbonyl (C=O) groups is 1. The average Bonchev–Trinajstić information content (AvgIpc) is 3.40. The van der Waals surface area contributed by atoms with Crippen molar-refractivity contribution >= 4 is 11.7 Å². The lowest BCUT2D eigenvalue weighted by molar-refractivity contribution is -0.141. The highest BCUT2D eigenvalue weighted by atomic mass is 19.4. The van der Waals surface area contributed by atoms with Gasteiger partial charge in [-0.25, -0.2) is 9.97 Å². The van der Waals surface area contributed by atoms with Gasteiger partial charge in [-0.15, -0.1) is 0 Å². The topological polar surface area (TPSA) is 83.9 Å². The second kappa shape index (κ2) is 8.34. The Morgan fingerprint density at radius 2 is 1.88 bits per heavy atom. The lowest BCUT2D eigenvalue weighted by Crippen LogP contribution is -2.48. The van der Waals surface area contributed by atoms with E-state index in [1.807, 2.05) is 36.9 Å². The standard InChI is InChI=1S/C24H23F3N6O/c1-13-6-16(22(31-9-13)21-14(2)4-3-5-28-21)23(34)33-12-15-7-17(18(33)8-15)32-20-11-29-19(10-30-20)24(25,26)27/h3-6,9-11,15,17-18H,7-8,12H2,1-2H3,(H,30,32)/t15-,17+,18-/m0/s1. The zero-order valence-corrected chi connectivity index (χ0v) is 18.7. The van der Waals surface area contributed by atoms with E-state index in [0.717, 1.165) is 36.4 Å². The van der Waals surface area contributed by atoms with Gasteiger partial charge >= 0.3 is 6.18 Å². The summed E-state index contributed by atoms with van der Waals surface area (Å²) in [5.41, 5.74) is 2.49. The lowest BCUT2D eigenvalue weighted by atomic mass is 10.0. The Morgan fingerprint density at radius 3 is 2.56 bits per heavy atom. The number of likely N-dealkylation sites (tertiary alicyclic amines) is 1. The molecule has 1 aliphatic heterocycles. The maximum Gasteiger partial charge on any atom is 0.434 e. The van der Waals surface area contributed by atoms with Crippen molar-refractivity contribution in [2.75, 3.05) is 11.9 Å². The average molecular weight is 468 g/mol. The van der Waals surface area contributed by atoms with Gasteiger partial charge in [0.15, 0.2) is 5.69 Å². The summed E-state index contributed by atoms with van der Waals surface area (Å²) in [6.45, 7) is 4.46. The predicted molar refractivity (Wildman–Crippen MR) is 119 cm³/mol. The minimum absolute atomic E-state index is 0.0974. The molecule has 0 aromatic carbocycles. The molecule has 1 amide bonds. The number of nitrogens with one attached hydrogen (secondary N) is 1. The number of pyridine rings is 2. The number of aryl methyl sites for hydroxylation is 2. The highest BCUT2D eigenvalue weighted by Gasteiger charge is 2.47. The van der Waals surface area contributed by atoms with Crippen molar-refractivity contribution < 1.29 is 18.0 Å². The minimum atomic E-state index is -4.54. The molecule has 0 spiro atoms. The van der Waals surface area contributed by atoms with E-state index in [-0.39, 0.29) is 23.8 Å². The van der Waals surface area contributed by atoms with Gasteiger partial charge in [0.25, 0.3) is 5.91 Å². The summed E-state index contributed by atoms with van der Waals surface area (Å²) >= 11 is 0. The van der Waals surface area contributed by atoms with E-state index in [0.29, 0.717) is 29.4 Å². The van der Waals surface area contributed by atoms with Crippen LogP contribution in [0, 0.1) is 19.8 Å². The quantitative estimate of drug-likeness (QED) is 0.615. The van der Waals surface area contributed by atoms with E-state index in [1.165, 1.54) is 0 Å². The maximum atomic E-state index is 13.7. The molecule has 2 aliphatic rings. The first kappa shape index (κ1) is 22.2. The molecule has 34 heavy (non-hydrogen) atoms. The number of aromatic nitrogens is 4. The molecule has 3 atom stereocenters. The Labute approximate surface area is 194 Å². The van der Waals surface area contributed by atoms with Gasteiger partial charge < -0.3 is 10.2 Å². The molecule has 5 rings (SSSR count). The third kappa shape index (κ3) is 4.08. The summed E-state index contributed by atoms with van der Waals surface area (Å²) in [6.07, 6.45) is 2.33. The number of hydrogen-bond donors (Lipinski definition) is 1. The van der Waals surface area contributed by atoms with Crippen LogP contribution in [-0.4, -0.2) is 49.4 Å². The van der Waals surface area contributed by atoms with Gasteiger partial charge in [0.2, 0.25) is 0 Å². The van der Waals surface area contributed by atoms with Gasteiger partial charge in [-0.05, 0) is 55.9 Å². The molecule has 1 N–H and O–H groups in total. The van der Waals surface area contributed by atoms with Crippen molar-refractivity contribution in [2.45, 2.75) is 44.9 Å². The third-order valence-electron chi connectivity index (χ3n) is 6.51. The van der Waals surface area contributed by atoms with Crippen LogP contribution in [0.2, 0.25) is 0 Å². The fourth-order valence-electron chi connectivity index (χ4n) is 4.96. The molecule has 0 unspecified atom stereocenters. The Hall–Kier alpha value is -3.56. The summed E-state index contributed by atoms with van der Waals surface area (Å²) in [5, 5.41) is 3.19. The van der Waals surface area contributed by atoms with Crippen molar-refractivity contribution in [2.24, 2.45) is 5.92 Å². The number of amides is 1. The van der Waals surface area contributed by atoms with Gasteiger partial charge in [-0.1, -0.05) is 6.07 Å². The normalized spacial score (nSPS) is 21.7. The minimum Gasteiger partial charge on any atom is -0.364 e. The summed E-state index contributed by atoms with van der Waals surface area (Å²) in [6, 6.07) is 5.40. The summed E-state index contributed by atoms with van der Waals surface area (Å²) in [4.78, 5) is 31.9. The van der Waals surface area contributed by atoms with Crippen LogP contribution in [0.4, 0.5) is 19.0 Å². The van der Waals surface area contributed by atoms with Crippen LogP contribution in [0.15, 0.2) is 43.0 Å². The molecular weight excluding hydrogens is 445 g/mol. The number of alkyl halides is 3. The number of piperidine rings is 1. The van der Waals surface area contributed by atoms with Crippen LogP contribution in [0.3, 0.4) is 0 Å². The summed E-state index contributed by atoms with van der Waals surface area (Å²) < 4.78 is 38.3. The number of rotatable bonds is 4. The number of halogens is 3. The maximum absolute atomic E-state index is 13.7. The van der Waals surface area contributed by atoms with Crippen LogP contribution in [0.25, 0.3) is 11.4 Å². The molecule has 176 valence electrons. The fraction of sp³-hybridized carbons (Fsp3) is 0.375. The molecule has 1 aliphatic carbocycles. The number of hydrogen-bond acceptors (Lipinski definition) is 6. The van der Waals surface area contributed by atoms with Crippen LogP contribution in [0.1, 0.15) is 40.0 Å². The number of carbonyl (C=O) groups excluding carboxylic acids is 1. The molecule has 2 bridgehead atoms. The molecule has 2 fully saturated rings. The van der Waals surface area contributed by atoms with Crippen LogP contribution < -0.4 is 5.32 Å². The highest BCUT2D eigenvalue weighted by molar-refractivity contribution is 6.00. The van der Waals surface area contributed by atoms with Gasteiger partial charge in [-0.2, -0.15) is 13.2 Å².